The Morgan fingerprint density at radius 3 is 2.50 bits per heavy atom. The van der Waals surface area contributed by atoms with Crippen molar-refractivity contribution in [1.29, 1.82) is 0 Å². The van der Waals surface area contributed by atoms with E-state index in [2.05, 4.69) is 4.98 Å². The van der Waals surface area contributed by atoms with Gasteiger partial charge in [-0.2, -0.15) is 0 Å². The number of carboxylic acid groups (broad SMARTS) is 1. The zero-order chi connectivity index (χ0) is 19.4. The fourth-order valence-corrected chi connectivity index (χ4v) is 10.4. The smallest absolute Gasteiger partial charge is 0.323 e. The maximum Gasteiger partial charge on any atom is 0.323 e. The number of aromatic amines is 1. The molecule has 7 nitrogen and oxygen atoms in total. The van der Waals surface area contributed by atoms with Crippen LogP contribution >= 0.6 is 23.1 Å². The topological polar surface area (TPSA) is 108 Å². The molecule has 5 aliphatic rings. The molecule has 3 aliphatic carbocycles. The van der Waals surface area contributed by atoms with E-state index in [0.717, 1.165) is 42.0 Å². The van der Waals surface area contributed by atoms with Crippen LogP contribution < -0.4 is 4.87 Å². The summed E-state index contributed by atoms with van der Waals surface area (Å²) in [5.74, 6) is -1.96. The van der Waals surface area contributed by atoms with Crippen molar-refractivity contribution in [2.45, 2.75) is 47.8 Å². The first-order chi connectivity index (χ1) is 13.4. The van der Waals surface area contributed by atoms with E-state index in [-0.39, 0.29) is 51.0 Å². The van der Waals surface area contributed by atoms with Crippen LogP contribution in [0.4, 0.5) is 0 Å². The van der Waals surface area contributed by atoms with E-state index in [1.54, 1.807) is 11.8 Å². The number of aromatic nitrogens is 1. The number of aliphatic carboxylic acids is 1. The lowest BCUT2D eigenvalue weighted by atomic mass is 9.61. The summed E-state index contributed by atoms with van der Waals surface area (Å²) in [6.45, 7) is -0.529. The first kappa shape index (κ1) is 17.3. The quantitative estimate of drug-likeness (QED) is 0.705. The molecule has 0 aromatic carbocycles. The van der Waals surface area contributed by atoms with Gasteiger partial charge in [0.1, 0.15) is 6.54 Å². The van der Waals surface area contributed by atoms with Crippen molar-refractivity contribution in [2.24, 2.45) is 29.6 Å². The molecule has 1 aromatic heterocycles. The molecular formula is C19H20N2O5S2. The number of hydrogen-bond acceptors (Lipinski definition) is 6. The van der Waals surface area contributed by atoms with Crippen molar-refractivity contribution >= 4 is 40.9 Å². The Hall–Kier alpha value is -1.61. The number of H-pyrrole nitrogens is 1. The second kappa shape index (κ2) is 5.50. The van der Waals surface area contributed by atoms with E-state index in [9.17, 15) is 19.2 Å². The lowest BCUT2D eigenvalue weighted by Crippen LogP contribution is -2.49. The summed E-state index contributed by atoms with van der Waals surface area (Å²) in [5, 5.41) is 10.3. The van der Waals surface area contributed by atoms with E-state index in [4.69, 9.17) is 5.11 Å². The van der Waals surface area contributed by atoms with Gasteiger partial charge in [0.25, 0.3) is 0 Å². The molecule has 1 saturated heterocycles. The van der Waals surface area contributed by atoms with Gasteiger partial charge in [0.15, 0.2) is 0 Å². The minimum absolute atomic E-state index is 0.0175. The van der Waals surface area contributed by atoms with Crippen molar-refractivity contribution in [3.63, 3.8) is 0 Å². The molecule has 9 heteroatoms. The third kappa shape index (κ3) is 1.92. The van der Waals surface area contributed by atoms with Gasteiger partial charge in [0, 0.05) is 15.5 Å². The van der Waals surface area contributed by atoms with Gasteiger partial charge in [-0.3, -0.25) is 24.1 Å². The van der Waals surface area contributed by atoms with E-state index >= 15 is 0 Å². The minimum atomic E-state index is -1.15. The van der Waals surface area contributed by atoms with Gasteiger partial charge in [-0.15, -0.1) is 11.8 Å². The zero-order valence-corrected chi connectivity index (χ0v) is 16.7. The van der Waals surface area contributed by atoms with Crippen molar-refractivity contribution in [2.75, 3.05) is 6.54 Å². The first-order valence-corrected chi connectivity index (χ1v) is 11.6. The van der Waals surface area contributed by atoms with E-state index in [0.29, 0.717) is 5.92 Å². The number of nitrogens with one attached hydrogen (secondary N) is 1. The van der Waals surface area contributed by atoms with Gasteiger partial charge in [-0.1, -0.05) is 24.2 Å². The molecule has 2 bridgehead atoms. The normalized spacial score (nSPS) is 39.5. The average Bonchev–Trinajstić information content (AvgIpc) is 3.41. The molecule has 2 aliphatic heterocycles. The number of thiazole rings is 1. The predicted octanol–water partition coefficient (Wildman–Crippen LogP) is 1.67. The molecule has 28 heavy (non-hydrogen) atoms. The Morgan fingerprint density at radius 1 is 1.14 bits per heavy atom. The van der Waals surface area contributed by atoms with Crippen LogP contribution in [0.2, 0.25) is 0 Å². The maximum atomic E-state index is 13.0. The lowest BCUT2D eigenvalue weighted by molar-refractivity contribution is -0.150. The van der Waals surface area contributed by atoms with Crippen LogP contribution in [-0.2, 0) is 19.8 Å². The molecule has 0 unspecified atom stereocenters. The standard InChI is InChI=1S/C19H20N2O5S2/c22-9(23)6-21-16(24)10-7-5-8(11(10)17(21)25)13-12(7)19(3-1-2-4-19)14-15(27-13)20-18(26)28-14/h7-8,10-13H,1-6H2,(H,20,26)(H,22,23)/t7-,8+,10-,11+,12-,13+/m0/s1. The lowest BCUT2D eigenvalue weighted by Gasteiger charge is -2.49. The van der Waals surface area contributed by atoms with Crippen LogP contribution in [0, 0.1) is 29.6 Å². The Kier molecular flexibility index (Phi) is 3.39. The SMILES string of the molecule is O=C(O)CN1C(=O)[C@@H]2[C@H]3C[C@@H]([C@@H]2C1=O)[C@H]1[C@@H]3Sc2[nH]c(=O)sc2C12CCCC2. The molecule has 2 amide bonds. The Balaban J connectivity index is 1.45. The summed E-state index contributed by atoms with van der Waals surface area (Å²) in [5.41, 5.74) is -0.0526. The van der Waals surface area contributed by atoms with Crippen LogP contribution in [0.25, 0.3) is 0 Å². The number of carbonyl (C=O) groups is 3. The number of imide groups is 1. The summed E-state index contributed by atoms with van der Waals surface area (Å²) in [6.07, 6.45) is 5.21. The number of fused-ring (bicyclic) bond motifs is 11. The Morgan fingerprint density at radius 2 is 1.82 bits per heavy atom. The molecule has 4 fully saturated rings. The summed E-state index contributed by atoms with van der Waals surface area (Å²) in [6, 6.07) is 0. The van der Waals surface area contributed by atoms with Gasteiger partial charge >= 0.3 is 10.8 Å². The Bertz CT molecular complexity index is 977. The average molecular weight is 421 g/mol. The van der Waals surface area contributed by atoms with Gasteiger partial charge < -0.3 is 10.1 Å². The van der Waals surface area contributed by atoms with Crippen molar-refractivity contribution < 1.29 is 19.5 Å². The van der Waals surface area contributed by atoms with Gasteiger partial charge in [-0.25, -0.2) is 0 Å². The highest BCUT2D eigenvalue weighted by atomic mass is 32.2. The zero-order valence-electron chi connectivity index (χ0n) is 15.1. The van der Waals surface area contributed by atoms with E-state index in [1.807, 2.05) is 0 Å². The maximum absolute atomic E-state index is 13.0. The number of carboxylic acids is 1. The fraction of sp³-hybridized carbons (Fsp3) is 0.684. The number of carbonyl (C=O) groups excluding carboxylic acids is 2. The summed E-state index contributed by atoms with van der Waals surface area (Å²) < 4.78 is 0. The molecule has 148 valence electrons. The van der Waals surface area contributed by atoms with Crippen molar-refractivity contribution in [3.8, 4) is 0 Å². The second-order valence-corrected chi connectivity index (χ2v) is 11.1. The minimum Gasteiger partial charge on any atom is -0.480 e. The highest BCUT2D eigenvalue weighted by Crippen LogP contribution is 2.71. The highest BCUT2D eigenvalue weighted by Gasteiger charge is 2.72. The predicted molar refractivity (Wildman–Crippen MR) is 101 cm³/mol. The molecule has 0 radical (unpaired) electrons. The van der Waals surface area contributed by atoms with Gasteiger partial charge in [0.05, 0.1) is 16.9 Å². The summed E-state index contributed by atoms with van der Waals surface area (Å²) in [4.78, 5) is 54.4. The number of likely N-dealkylation sites (tertiary alicyclic amines) is 1. The molecule has 3 saturated carbocycles. The van der Waals surface area contributed by atoms with Crippen LogP contribution in [-0.4, -0.2) is 44.6 Å². The van der Waals surface area contributed by atoms with Gasteiger partial charge in [-0.05, 0) is 37.0 Å². The molecule has 1 aromatic rings. The number of amides is 2. The number of thioether (sulfide) groups is 1. The molecule has 6 atom stereocenters. The van der Waals surface area contributed by atoms with E-state index < -0.39 is 12.5 Å². The fourth-order valence-electron chi connectivity index (χ4n) is 7.26. The van der Waals surface area contributed by atoms with Crippen LogP contribution in [0.1, 0.15) is 37.0 Å². The highest BCUT2D eigenvalue weighted by molar-refractivity contribution is 8.00. The molecule has 6 rings (SSSR count). The summed E-state index contributed by atoms with van der Waals surface area (Å²) >= 11 is 3.02. The largest absolute Gasteiger partial charge is 0.480 e. The molecule has 3 heterocycles. The monoisotopic (exact) mass is 420 g/mol. The van der Waals surface area contributed by atoms with Crippen molar-refractivity contribution in [3.05, 3.63) is 14.5 Å². The van der Waals surface area contributed by atoms with Gasteiger partial charge in [0.2, 0.25) is 11.8 Å². The van der Waals surface area contributed by atoms with Crippen LogP contribution in [0.5, 0.6) is 0 Å². The third-order valence-corrected chi connectivity index (χ3v) is 10.6. The number of rotatable bonds is 2. The number of nitrogens with zero attached hydrogens (tertiary/aromatic N) is 1. The van der Waals surface area contributed by atoms with E-state index in [1.165, 1.54) is 16.2 Å². The summed E-state index contributed by atoms with van der Waals surface area (Å²) in [7, 11) is 0. The Labute approximate surface area is 168 Å². The van der Waals surface area contributed by atoms with Crippen LogP contribution in [0.15, 0.2) is 9.82 Å². The van der Waals surface area contributed by atoms with Crippen molar-refractivity contribution in [1.82, 2.24) is 9.88 Å². The molecule has 2 N–H and O–H groups in total. The second-order valence-electron chi connectivity index (χ2n) is 8.92. The molecule has 1 spiro atoms. The first-order valence-electron chi connectivity index (χ1n) is 9.89. The van der Waals surface area contributed by atoms with Crippen LogP contribution in [0.3, 0.4) is 0 Å². The third-order valence-electron chi connectivity index (χ3n) is 7.94. The number of hydrogen-bond donors (Lipinski definition) is 2. The molecular weight excluding hydrogens is 400 g/mol.